The maximum absolute atomic E-state index is 12.6. The van der Waals surface area contributed by atoms with Crippen LogP contribution in [0, 0.1) is 17.9 Å². The zero-order valence-electron chi connectivity index (χ0n) is 42.9. The van der Waals surface area contributed by atoms with E-state index < -0.39 is 0 Å². The molecule has 4 heterocycles. The van der Waals surface area contributed by atoms with Gasteiger partial charge in [-0.2, -0.15) is 5.26 Å². The van der Waals surface area contributed by atoms with Gasteiger partial charge in [-0.3, -0.25) is 0 Å². The summed E-state index contributed by atoms with van der Waals surface area (Å²) in [7, 11) is 0. The van der Waals surface area contributed by atoms with Gasteiger partial charge in [-0.25, -0.2) is 4.85 Å². The number of thiophene rings is 2. The Morgan fingerprint density at radius 2 is 0.787 bits per heavy atom. The number of aromatic nitrogens is 2. The van der Waals surface area contributed by atoms with E-state index in [1.54, 1.807) is 22.7 Å². The van der Waals surface area contributed by atoms with Crippen LogP contribution in [0.5, 0.6) is 0 Å². The van der Waals surface area contributed by atoms with Crippen LogP contribution in [0.1, 0.15) is 5.56 Å². The minimum Gasteiger partial charge on any atom is -0.318 e. The van der Waals surface area contributed by atoms with Gasteiger partial charge in [-0.05, 0) is 80.9 Å². The summed E-state index contributed by atoms with van der Waals surface area (Å²) in [6.07, 6.45) is 0. The molecule has 4 nitrogen and oxygen atoms in total. The first kappa shape index (κ1) is 45.8. The molecule has 0 fully saturated rings. The number of nitrogens with zero attached hydrogens (tertiary/aromatic N) is 4. The number of rotatable bonds is 7. The fourth-order valence-electron chi connectivity index (χ4n) is 12.9. The van der Waals surface area contributed by atoms with Crippen LogP contribution in [0.15, 0.2) is 255 Å². The van der Waals surface area contributed by atoms with Gasteiger partial charge in [0, 0.05) is 63.6 Å². The first-order valence-corrected chi connectivity index (χ1v) is 28.4. The maximum Gasteiger partial charge on any atom is 0.220 e. The Bertz CT molecular complexity index is 5120. The SMILES string of the molecule is [C-]#[N+]c1c(-c2ccccc2)c(C#N)c(-n2c3c4sc5ccccc5c4cc(-c4ccccc4)c3c3c(-c4ccccc4)cc4c5ccccc5sc4c32)c(-c2ccccc2)c1-n1c2ccccc2c2c(-c3ccccc3)cccc21. The molecule has 6 heteroatoms. The summed E-state index contributed by atoms with van der Waals surface area (Å²) in [5, 5.41) is 21.6. The molecule has 0 aliphatic carbocycles. The van der Waals surface area contributed by atoms with Crippen molar-refractivity contribution >= 4 is 112 Å². The Labute approximate surface area is 468 Å². The molecule has 0 aliphatic heterocycles. The van der Waals surface area contributed by atoms with Gasteiger partial charge >= 0.3 is 0 Å². The van der Waals surface area contributed by atoms with Crippen LogP contribution in [0.4, 0.5) is 5.69 Å². The molecule has 0 aliphatic rings. The zero-order chi connectivity index (χ0) is 53.0. The summed E-state index contributed by atoms with van der Waals surface area (Å²) in [6.45, 7) is 9.59. The zero-order valence-corrected chi connectivity index (χ0v) is 44.5. The predicted molar refractivity (Wildman–Crippen MR) is 339 cm³/mol. The molecule has 0 saturated carbocycles. The first-order valence-electron chi connectivity index (χ1n) is 26.8. The van der Waals surface area contributed by atoms with Gasteiger partial charge in [-0.1, -0.05) is 218 Å². The van der Waals surface area contributed by atoms with Crippen LogP contribution < -0.4 is 0 Å². The molecule has 0 N–H and O–H groups in total. The average Bonchev–Trinajstić information content (AvgIpc) is 4.49. The molecule has 0 amide bonds. The van der Waals surface area contributed by atoms with E-state index in [0.29, 0.717) is 22.5 Å². The minimum absolute atomic E-state index is 0.401. The molecular formula is C74H42N4S2. The molecule has 16 rings (SSSR count). The average molecular weight is 1050 g/mol. The fourth-order valence-corrected chi connectivity index (χ4v) is 15.3. The third-order valence-corrected chi connectivity index (χ3v) is 18.5. The molecular weight excluding hydrogens is 1010 g/mol. The normalized spacial score (nSPS) is 11.7. The van der Waals surface area contributed by atoms with Gasteiger partial charge in [0.2, 0.25) is 5.69 Å². The lowest BCUT2D eigenvalue weighted by molar-refractivity contribution is 1.14. The topological polar surface area (TPSA) is 38.0 Å². The van der Waals surface area contributed by atoms with Crippen molar-refractivity contribution in [3.05, 3.63) is 272 Å². The summed E-state index contributed by atoms with van der Waals surface area (Å²) >= 11 is 3.61. The molecule has 0 saturated heterocycles. The van der Waals surface area contributed by atoms with Crippen molar-refractivity contribution in [2.24, 2.45) is 0 Å². The predicted octanol–water partition coefficient (Wildman–Crippen LogP) is 21.4. The van der Waals surface area contributed by atoms with Crippen molar-refractivity contribution in [3.8, 4) is 73.1 Å². The van der Waals surface area contributed by atoms with Crippen LogP contribution in [-0.2, 0) is 0 Å². The number of benzene rings is 12. The summed E-state index contributed by atoms with van der Waals surface area (Å²) in [4.78, 5) is 4.68. The van der Waals surface area contributed by atoms with Crippen LogP contribution in [0.25, 0.3) is 156 Å². The van der Waals surface area contributed by atoms with Crippen LogP contribution in [0.3, 0.4) is 0 Å². The quantitative estimate of drug-likeness (QED) is 0.147. The van der Waals surface area contributed by atoms with E-state index in [4.69, 9.17) is 0 Å². The van der Waals surface area contributed by atoms with E-state index >= 15 is 0 Å². The second-order valence-electron chi connectivity index (χ2n) is 20.4. The minimum atomic E-state index is 0.401. The third kappa shape index (κ3) is 6.65. The molecule has 0 bridgehead atoms. The summed E-state index contributed by atoms with van der Waals surface area (Å²) < 4.78 is 9.45. The smallest absolute Gasteiger partial charge is 0.220 e. The number of hydrogen-bond acceptors (Lipinski definition) is 3. The Hall–Kier alpha value is -10.3. The Morgan fingerprint density at radius 1 is 0.362 bits per heavy atom. The van der Waals surface area contributed by atoms with Crippen molar-refractivity contribution < 1.29 is 0 Å². The Kier molecular flexibility index (Phi) is 10.4. The van der Waals surface area contributed by atoms with E-state index in [2.05, 4.69) is 257 Å². The lowest BCUT2D eigenvalue weighted by atomic mass is 9.88. The Morgan fingerprint density at radius 3 is 1.29 bits per heavy atom. The highest BCUT2D eigenvalue weighted by Gasteiger charge is 2.35. The molecule has 0 spiro atoms. The Balaban J connectivity index is 1.25. The first-order chi connectivity index (χ1) is 39.7. The number of hydrogen-bond donors (Lipinski definition) is 0. The maximum atomic E-state index is 12.6. The summed E-state index contributed by atoms with van der Waals surface area (Å²) in [5.74, 6) is 0. The molecule has 370 valence electrons. The number of para-hydroxylation sites is 1. The lowest BCUT2D eigenvalue weighted by Gasteiger charge is -2.26. The van der Waals surface area contributed by atoms with Gasteiger partial charge in [0.1, 0.15) is 6.07 Å². The number of fused-ring (bicyclic) bond motifs is 14. The highest BCUT2D eigenvalue weighted by molar-refractivity contribution is 7.27. The van der Waals surface area contributed by atoms with E-state index in [-0.39, 0.29) is 0 Å². The third-order valence-electron chi connectivity index (χ3n) is 16.2. The highest BCUT2D eigenvalue weighted by atomic mass is 32.1. The van der Waals surface area contributed by atoms with Crippen molar-refractivity contribution in [1.29, 1.82) is 5.26 Å². The second kappa shape index (κ2) is 18.1. The van der Waals surface area contributed by atoms with Gasteiger partial charge < -0.3 is 9.13 Å². The van der Waals surface area contributed by atoms with Gasteiger partial charge in [0.05, 0.1) is 55.0 Å². The van der Waals surface area contributed by atoms with E-state index in [0.717, 1.165) is 120 Å². The molecule has 0 atom stereocenters. The summed E-state index contributed by atoms with van der Waals surface area (Å²) in [5.41, 5.74) is 15.9. The van der Waals surface area contributed by atoms with Crippen molar-refractivity contribution in [2.45, 2.75) is 0 Å². The second-order valence-corrected chi connectivity index (χ2v) is 22.5. The largest absolute Gasteiger partial charge is 0.318 e. The monoisotopic (exact) mass is 1050 g/mol. The standard InChI is InChI=1S/C74H42N4S2/c1-76-68-63(48-30-13-5-14-31-48)58(44-75)69(64(49-32-15-6-16-33-49)70(68)77-59-38-20-17-36-53(59)65-50(37-23-39-60(65)77)45-24-7-2-8-25-45)78-71-66(54(46-26-9-3-10-27-46)42-56-51-34-18-21-40-61(51)79-73(56)71)67-55(47-28-11-4-12-29-47)43-57-52-35-19-22-41-62(52)80-74(57)72(67)78/h2-43H. The molecule has 4 aromatic heterocycles. The highest BCUT2D eigenvalue weighted by Crippen LogP contribution is 2.57. The van der Waals surface area contributed by atoms with E-state index in [1.807, 2.05) is 18.2 Å². The fraction of sp³-hybridized carbons (Fsp3) is 0. The molecule has 0 radical (unpaired) electrons. The lowest BCUT2D eigenvalue weighted by Crippen LogP contribution is -2.09. The van der Waals surface area contributed by atoms with Crippen molar-refractivity contribution in [2.75, 3.05) is 0 Å². The van der Waals surface area contributed by atoms with Gasteiger partial charge in [0.25, 0.3) is 0 Å². The van der Waals surface area contributed by atoms with Crippen molar-refractivity contribution in [1.82, 2.24) is 9.13 Å². The molecule has 12 aromatic carbocycles. The summed E-state index contributed by atoms with van der Waals surface area (Å²) in [6, 6.07) is 93.4. The van der Waals surface area contributed by atoms with Crippen molar-refractivity contribution in [3.63, 3.8) is 0 Å². The number of nitriles is 1. The van der Waals surface area contributed by atoms with Gasteiger partial charge in [-0.15, -0.1) is 22.7 Å². The molecule has 16 aromatic rings. The van der Waals surface area contributed by atoms with Crippen LogP contribution >= 0.6 is 22.7 Å². The van der Waals surface area contributed by atoms with Crippen LogP contribution in [0.2, 0.25) is 0 Å². The van der Waals surface area contributed by atoms with E-state index in [1.165, 1.54) is 20.2 Å². The van der Waals surface area contributed by atoms with E-state index in [9.17, 15) is 11.8 Å². The molecule has 0 unspecified atom stereocenters. The van der Waals surface area contributed by atoms with Gasteiger partial charge in [0.15, 0.2) is 0 Å². The molecule has 80 heavy (non-hydrogen) atoms. The van der Waals surface area contributed by atoms with Crippen LogP contribution in [-0.4, -0.2) is 9.13 Å².